The summed E-state index contributed by atoms with van der Waals surface area (Å²) in [6.07, 6.45) is 9.50. The highest BCUT2D eigenvalue weighted by atomic mass is 16.3. The van der Waals surface area contributed by atoms with Gasteiger partial charge in [-0.15, -0.1) is 0 Å². The topological polar surface area (TPSA) is 45.4 Å². The van der Waals surface area contributed by atoms with Crippen LogP contribution in [0.1, 0.15) is 56.7 Å². The molecule has 0 radical (unpaired) electrons. The van der Waals surface area contributed by atoms with Crippen LogP contribution in [0.25, 0.3) is 0 Å². The molecule has 1 aromatic rings. The van der Waals surface area contributed by atoms with Gasteiger partial charge in [0.2, 0.25) is 0 Å². The smallest absolute Gasteiger partial charge is 0.120 e. The first kappa shape index (κ1) is 11.3. The van der Waals surface area contributed by atoms with E-state index in [1.807, 2.05) is 12.1 Å². The molecule has 17 heavy (non-hydrogen) atoms. The van der Waals surface area contributed by atoms with Crippen molar-refractivity contribution in [3.63, 3.8) is 0 Å². The van der Waals surface area contributed by atoms with Gasteiger partial charge in [-0.1, -0.05) is 19.3 Å². The summed E-state index contributed by atoms with van der Waals surface area (Å²) in [4.78, 5) is 0. The fraction of sp³-hybridized carbons (Fsp3) is 0.714. The summed E-state index contributed by atoms with van der Waals surface area (Å²) in [6.45, 7) is 0. The van der Waals surface area contributed by atoms with E-state index >= 15 is 0 Å². The molecule has 1 aromatic heterocycles. The summed E-state index contributed by atoms with van der Waals surface area (Å²) in [5.41, 5.74) is 0.160. The molecule has 1 saturated carbocycles. The highest BCUT2D eigenvalue weighted by Crippen LogP contribution is 2.39. The summed E-state index contributed by atoms with van der Waals surface area (Å²) in [5, 5.41) is 13.9. The normalized spacial score (nSPS) is 32.8. The molecule has 2 fully saturated rings. The lowest BCUT2D eigenvalue weighted by atomic mass is 9.74. The molecule has 0 unspecified atom stereocenters. The predicted molar refractivity (Wildman–Crippen MR) is 65.6 cm³/mol. The lowest BCUT2D eigenvalue weighted by Gasteiger charge is -2.46. The minimum atomic E-state index is -0.190. The van der Waals surface area contributed by atoms with Gasteiger partial charge in [0.25, 0.3) is 0 Å². The van der Waals surface area contributed by atoms with Gasteiger partial charge in [-0.05, 0) is 37.8 Å². The van der Waals surface area contributed by atoms with Crippen molar-refractivity contribution in [2.75, 3.05) is 0 Å². The van der Waals surface area contributed by atoms with Gasteiger partial charge in [-0.2, -0.15) is 0 Å². The van der Waals surface area contributed by atoms with Crippen molar-refractivity contribution in [1.82, 2.24) is 5.32 Å². The summed E-state index contributed by atoms with van der Waals surface area (Å²) in [5.74, 6) is 0.966. The Morgan fingerprint density at radius 1 is 1.29 bits per heavy atom. The van der Waals surface area contributed by atoms with Gasteiger partial charge < -0.3 is 14.8 Å². The van der Waals surface area contributed by atoms with Gasteiger partial charge >= 0.3 is 0 Å². The van der Waals surface area contributed by atoms with E-state index in [1.54, 1.807) is 6.26 Å². The molecule has 3 heteroatoms. The monoisotopic (exact) mass is 235 g/mol. The van der Waals surface area contributed by atoms with Crippen molar-refractivity contribution >= 4 is 0 Å². The Labute approximate surface area is 102 Å². The van der Waals surface area contributed by atoms with Gasteiger partial charge in [0.05, 0.1) is 18.4 Å². The van der Waals surface area contributed by atoms with Crippen LogP contribution < -0.4 is 5.32 Å². The van der Waals surface area contributed by atoms with E-state index in [0.717, 1.165) is 18.6 Å². The van der Waals surface area contributed by atoms with Crippen molar-refractivity contribution in [2.45, 2.75) is 62.6 Å². The summed E-state index contributed by atoms with van der Waals surface area (Å²) < 4.78 is 5.48. The first-order chi connectivity index (χ1) is 8.27. The van der Waals surface area contributed by atoms with Crippen LogP contribution in [0.15, 0.2) is 22.8 Å². The second kappa shape index (κ2) is 4.46. The molecule has 2 atom stereocenters. The van der Waals surface area contributed by atoms with E-state index in [1.165, 1.54) is 32.1 Å². The molecule has 1 spiro atoms. The Morgan fingerprint density at radius 3 is 2.82 bits per heavy atom. The Bertz CT molecular complexity index is 354. The zero-order chi connectivity index (χ0) is 11.7. The zero-order valence-corrected chi connectivity index (χ0v) is 10.2. The molecule has 2 N–H and O–H groups in total. The maximum Gasteiger partial charge on any atom is 0.120 e. The van der Waals surface area contributed by atoms with E-state index in [0.29, 0.717) is 0 Å². The van der Waals surface area contributed by atoms with Crippen LogP contribution in [0.2, 0.25) is 0 Å². The van der Waals surface area contributed by atoms with E-state index < -0.39 is 0 Å². The first-order valence-electron chi connectivity index (χ1n) is 6.77. The number of piperidine rings is 1. The second-order valence-corrected chi connectivity index (χ2v) is 5.65. The third-order valence-corrected chi connectivity index (χ3v) is 4.31. The highest BCUT2D eigenvalue weighted by molar-refractivity contribution is 5.10. The second-order valence-electron chi connectivity index (χ2n) is 5.65. The van der Waals surface area contributed by atoms with Gasteiger partial charge in [0.1, 0.15) is 5.76 Å². The largest absolute Gasteiger partial charge is 0.468 e. The zero-order valence-electron chi connectivity index (χ0n) is 10.2. The van der Waals surface area contributed by atoms with Gasteiger partial charge in [-0.25, -0.2) is 0 Å². The van der Waals surface area contributed by atoms with Crippen molar-refractivity contribution in [1.29, 1.82) is 0 Å². The number of aliphatic hydroxyl groups is 1. The summed E-state index contributed by atoms with van der Waals surface area (Å²) >= 11 is 0. The van der Waals surface area contributed by atoms with Gasteiger partial charge in [0, 0.05) is 5.54 Å². The molecule has 94 valence electrons. The standard InChI is InChI=1S/C14H21NO2/c16-11-9-12(13-5-4-8-17-13)15-14(10-11)6-2-1-3-7-14/h4-5,8,11-12,15-16H,1-3,6-7,9-10H2/t11-,12-/m1/s1. The van der Waals surface area contributed by atoms with E-state index in [2.05, 4.69) is 5.32 Å². The third kappa shape index (κ3) is 2.26. The van der Waals surface area contributed by atoms with Crippen molar-refractivity contribution < 1.29 is 9.52 Å². The first-order valence-corrected chi connectivity index (χ1v) is 6.77. The number of furan rings is 1. The number of aliphatic hydroxyl groups excluding tert-OH is 1. The molecule has 2 heterocycles. The summed E-state index contributed by atoms with van der Waals surface area (Å²) in [7, 11) is 0. The molecule has 1 aliphatic carbocycles. The third-order valence-electron chi connectivity index (χ3n) is 4.31. The van der Waals surface area contributed by atoms with Crippen LogP contribution in [-0.2, 0) is 0 Å². The van der Waals surface area contributed by atoms with Gasteiger partial charge in [-0.3, -0.25) is 0 Å². The Balaban J connectivity index is 1.79. The van der Waals surface area contributed by atoms with Crippen molar-refractivity contribution in [3.05, 3.63) is 24.2 Å². The molecular formula is C14H21NO2. The highest BCUT2D eigenvalue weighted by Gasteiger charge is 2.41. The number of hydrogen-bond acceptors (Lipinski definition) is 3. The lowest BCUT2D eigenvalue weighted by Crippen LogP contribution is -2.54. The minimum Gasteiger partial charge on any atom is -0.468 e. The van der Waals surface area contributed by atoms with Crippen LogP contribution in [0.5, 0.6) is 0 Å². The van der Waals surface area contributed by atoms with Crippen molar-refractivity contribution in [3.8, 4) is 0 Å². The van der Waals surface area contributed by atoms with E-state index in [4.69, 9.17) is 4.42 Å². The van der Waals surface area contributed by atoms with Crippen LogP contribution in [0.3, 0.4) is 0 Å². The average molecular weight is 235 g/mol. The molecule has 0 aromatic carbocycles. The van der Waals surface area contributed by atoms with Crippen LogP contribution in [-0.4, -0.2) is 16.7 Å². The molecular weight excluding hydrogens is 214 g/mol. The number of nitrogens with one attached hydrogen (secondary N) is 1. The van der Waals surface area contributed by atoms with Crippen molar-refractivity contribution in [2.24, 2.45) is 0 Å². The fourth-order valence-electron chi connectivity index (χ4n) is 3.55. The maximum atomic E-state index is 10.1. The molecule has 2 aliphatic rings. The molecule has 0 bridgehead atoms. The van der Waals surface area contributed by atoms with Crippen LogP contribution in [0, 0.1) is 0 Å². The lowest BCUT2D eigenvalue weighted by molar-refractivity contribution is 0.0299. The Kier molecular flexibility index (Phi) is 2.97. The van der Waals surface area contributed by atoms with Gasteiger partial charge in [0.15, 0.2) is 0 Å². The fourth-order valence-corrected chi connectivity index (χ4v) is 3.55. The van der Waals surface area contributed by atoms with Crippen LogP contribution >= 0.6 is 0 Å². The Morgan fingerprint density at radius 2 is 2.12 bits per heavy atom. The molecule has 3 rings (SSSR count). The average Bonchev–Trinajstić information content (AvgIpc) is 2.82. The number of rotatable bonds is 1. The Hall–Kier alpha value is -0.800. The minimum absolute atomic E-state index is 0.160. The number of hydrogen-bond donors (Lipinski definition) is 2. The maximum absolute atomic E-state index is 10.1. The quantitative estimate of drug-likeness (QED) is 0.786. The van der Waals surface area contributed by atoms with E-state index in [9.17, 15) is 5.11 Å². The predicted octanol–water partition coefficient (Wildman–Crippen LogP) is 2.77. The molecule has 3 nitrogen and oxygen atoms in total. The van der Waals surface area contributed by atoms with E-state index in [-0.39, 0.29) is 17.7 Å². The molecule has 0 amide bonds. The SMILES string of the molecule is O[C@@H]1C[C@H](c2ccco2)NC2(CCCCC2)C1. The molecule has 1 aliphatic heterocycles. The molecule has 1 saturated heterocycles. The summed E-state index contributed by atoms with van der Waals surface area (Å²) in [6, 6.07) is 4.12. The van der Waals surface area contributed by atoms with Crippen LogP contribution in [0.4, 0.5) is 0 Å².